The van der Waals surface area contributed by atoms with Crippen LogP contribution in [0, 0.1) is 40.9 Å². The van der Waals surface area contributed by atoms with Crippen molar-refractivity contribution in [2.75, 3.05) is 0 Å². The Labute approximate surface area is 193 Å². The van der Waals surface area contributed by atoms with Gasteiger partial charge in [-0.3, -0.25) is 0 Å². The number of fused-ring (bicyclic) bond motifs is 5. The predicted octanol–water partition coefficient (Wildman–Crippen LogP) is 5.37. The number of hydrogen-bond donors (Lipinski definition) is 2. The van der Waals surface area contributed by atoms with Crippen molar-refractivity contribution in [1.29, 1.82) is 0 Å². The van der Waals surface area contributed by atoms with Gasteiger partial charge in [0, 0.05) is 18.4 Å². The van der Waals surface area contributed by atoms with E-state index in [-0.39, 0.29) is 23.2 Å². The lowest BCUT2D eigenvalue weighted by Crippen LogP contribution is -2.71. The molecule has 0 amide bonds. The van der Waals surface area contributed by atoms with E-state index in [0.29, 0.717) is 35.3 Å². The average molecular weight is 434 g/mol. The van der Waals surface area contributed by atoms with Crippen molar-refractivity contribution in [2.24, 2.45) is 34.8 Å². The summed E-state index contributed by atoms with van der Waals surface area (Å²) in [5.74, 6) is 9.28. The summed E-state index contributed by atoms with van der Waals surface area (Å²) in [6.45, 7) is 4.55. The zero-order valence-electron chi connectivity index (χ0n) is 19.8. The lowest BCUT2D eigenvalue weighted by molar-refractivity contribution is -0.289. The van der Waals surface area contributed by atoms with Crippen LogP contribution < -0.4 is 5.73 Å². The van der Waals surface area contributed by atoms with Crippen molar-refractivity contribution < 1.29 is 9.84 Å². The largest absolute Gasteiger partial charge is 0.508 e. The first-order valence-corrected chi connectivity index (χ1v) is 13.1. The van der Waals surface area contributed by atoms with Gasteiger partial charge in [-0.25, -0.2) is 0 Å². The van der Waals surface area contributed by atoms with Crippen LogP contribution in [0.3, 0.4) is 0 Å². The normalized spacial score (nSPS) is 41.2. The Kier molecular flexibility index (Phi) is 4.77. The Balaban J connectivity index is 1.48. The maximum absolute atomic E-state index is 10.2. The maximum atomic E-state index is 10.2. The SMILES string of the molecule is CC1(C)O[C@@]23CC[C@@H]1[C@H](N)[C@H]2C#CCc1cc(O)ccc1C[C@@H]1C[C@@H]3CC2(CCCC2)C1. The quantitative estimate of drug-likeness (QED) is 0.541. The molecule has 7 rings (SSSR count). The van der Waals surface area contributed by atoms with Crippen molar-refractivity contribution >= 4 is 0 Å². The molecule has 5 fully saturated rings. The third-order valence-electron chi connectivity index (χ3n) is 10.2. The van der Waals surface area contributed by atoms with Crippen molar-refractivity contribution in [3.63, 3.8) is 0 Å². The number of nitrogens with two attached hydrogens (primary N) is 1. The van der Waals surface area contributed by atoms with E-state index in [9.17, 15) is 5.11 Å². The molecule has 4 bridgehead atoms. The predicted molar refractivity (Wildman–Crippen MR) is 127 cm³/mol. The molecule has 3 heteroatoms. The summed E-state index contributed by atoms with van der Waals surface area (Å²) in [5, 5.41) is 10.2. The van der Waals surface area contributed by atoms with Crippen LogP contribution in [-0.4, -0.2) is 22.4 Å². The van der Waals surface area contributed by atoms with Crippen molar-refractivity contribution in [3.05, 3.63) is 29.3 Å². The molecule has 1 aromatic rings. The van der Waals surface area contributed by atoms with Gasteiger partial charge >= 0.3 is 0 Å². The van der Waals surface area contributed by atoms with Gasteiger partial charge in [-0.05, 0) is 106 Å². The van der Waals surface area contributed by atoms with E-state index in [1.165, 1.54) is 62.5 Å². The van der Waals surface area contributed by atoms with Gasteiger partial charge in [0.1, 0.15) is 5.75 Å². The van der Waals surface area contributed by atoms with Gasteiger partial charge in [0.15, 0.2) is 0 Å². The Hall–Kier alpha value is -1.50. The molecule has 3 N–H and O–H groups in total. The highest BCUT2D eigenvalue weighted by Gasteiger charge is 2.64. The number of phenols is 1. The summed E-state index contributed by atoms with van der Waals surface area (Å²) >= 11 is 0. The molecule has 0 radical (unpaired) electrons. The van der Waals surface area contributed by atoms with Crippen LogP contribution in [0.1, 0.15) is 82.8 Å². The third-order valence-corrected chi connectivity index (χ3v) is 10.2. The Bertz CT molecular complexity index is 965. The molecule has 6 aliphatic rings. The fourth-order valence-electron chi connectivity index (χ4n) is 8.93. The minimum Gasteiger partial charge on any atom is -0.508 e. The van der Waals surface area contributed by atoms with Gasteiger partial charge in [-0.1, -0.05) is 30.7 Å². The fraction of sp³-hybridized carbons (Fsp3) is 0.724. The van der Waals surface area contributed by atoms with E-state index in [1.54, 1.807) is 0 Å². The highest BCUT2D eigenvalue weighted by molar-refractivity contribution is 5.38. The third kappa shape index (κ3) is 3.17. The molecule has 4 aliphatic carbocycles. The van der Waals surface area contributed by atoms with Gasteiger partial charge in [-0.2, -0.15) is 0 Å². The number of phenolic OH excluding ortho intramolecular Hbond substituents is 1. The number of ether oxygens (including phenoxy) is 1. The van der Waals surface area contributed by atoms with Crippen LogP contribution in [0.2, 0.25) is 0 Å². The minimum atomic E-state index is -0.197. The summed E-state index contributed by atoms with van der Waals surface area (Å²) in [5.41, 5.74) is 9.71. The monoisotopic (exact) mass is 433 g/mol. The van der Waals surface area contributed by atoms with E-state index in [0.717, 1.165) is 12.8 Å². The smallest absolute Gasteiger partial charge is 0.115 e. The molecule has 0 unspecified atom stereocenters. The van der Waals surface area contributed by atoms with Crippen LogP contribution in [-0.2, 0) is 17.6 Å². The highest BCUT2D eigenvalue weighted by atomic mass is 16.5. The molecule has 3 saturated carbocycles. The number of hydrogen-bond acceptors (Lipinski definition) is 3. The number of aromatic hydroxyl groups is 1. The first-order chi connectivity index (χ1) is 15.3. The molecule has 2 spiro atoms. The average Bonchev–Trinajstić information content (AvgIpc) is 3.17. The van der Waals surface area contributed by atoms with Crippen molar-refractivity contribution in [2.45, 2.75) is 102 Å². The zero-order valence-corrected chi connectivity index (χ0v) is 19.8. The molecule has 0 aromatic heterocycles. The second-order valence-electron chi connectivity index (χ2n) is 12.4. The Morgan fingerprint density at radius 3 is 2.69 bits per heavy atom. The van der Waals surface area contributed by atoms with E-state index in [2.05, 4.69) is 31.8 Å². The van der Waals surface area contributed by atoms with Gasteiger partial charge in [0.05, 0.1) is 17.1 Å². The lowest BCUT2D eigenvalue weighted by atomic mass is 9.51. The number of rotatable bonds is 0. The summed E-state index contributed by atoms with van der Waals surface area (Å²) in [6, 6.07) is 6.04. The Morgan fingerprint density at radius 1 is 1.09 bits per heavy atom. The highest BCUT2D eigenvalue weighted by Crippen LogP contribution is 2.62. The van der Waals surface area contributed by atoms with Gasteiger partial charge in [0.2, 0.25) is 0 Å². The molecule has 2 heterocycles. The van der Waals surface area contributed by atoms with Gasteiger partial charge < -0.3 is 15.6 Å². The van der Waals surface area contributed by atoms with Crippen LogP contribution in [0.5, 0.6) is 5.75 Å². The van der Waals surface area contributed by atoms with Gasteiger partial charge in [-0.15, -0.1) is 0 Å². The molecular formula is C29H39NO2. The van der Waals surface area contributed by atoms with E-state index < -0.39 is 0 Å². The molecule has 172 valence electrons. The van der Waals surface area contributed by atoms with Crippen LogP contribution >= 0.6 is 0 Å². The van der Waals surface area contributed by atoms with E-state index in [1.807, 2.05) is 12.1 Å². The van der Waals surface area contributed by atoms with E-state index in [4.69, 9.17) is 10.5 Å². The maximum Gasteiger partial charge on any atom is 0.115 e. The fourth-order valence-corrected chi connectivity index (χ4v) is 8.93. The molecule has 3 nitrogen and oxygen atoms in total. The summed E-state index contributed by atoms with van der Waals surface area (Å²) in [4.78, 5) is 0. The molecule has 6 atom stereocenters. The second kappa shape index (κ2) is 7.25. The van der Waals surface area contributed by atoms with Crippen molar-refractivity contribution in [3.8, 4) is 17.6 Å². The summed E-state index contributed by atoms with van der Waals surface area (Å²) in [7, 11) is 0. The topological polar surface area (TPSA) is 55.5 Å². The van der Waals surface area contributed by atoms with E-state index >= 15 is 0 Å². The molecule has 32 heavy (non-hydrogen) atoms. The molecule has 2 aliphatic heterocycles. The van der Waals surface area contributed by atoms with Crippen LogP contribution in [0.15, 0.2) is 18.2 Å². The summed E-state index contributed by atoms with van der Waals surface area (Å²) in [6.07, 6.45) is 13.5. The zero-order chi connectivity index (χ0) is 22.1. The first kappa shape index (κ1) is 21.1. The molecule has 1 aromatic carbocycles. The van der Waals surface area contributed by atoms with Crippen LogP contribution in [0.4, 0.5) is 0 Å². The minimum absolute atomic E-state index is 0.0873. The summed E-state index contributed by atoms with van der Waals surface area (Å²) < 4.78 is 7.17. The second-order valence-corrected chi connectivity index (χ2v) is 12.4. The van der Waals surface area contributed by atoms with Crippen LogP contribution in [0.25, 0.3) is 0 Å². The standard InChI is InChI=1S/C29H39NO2/c1-27(2)24-10-13-29(32-27)22-15-19(17-28(18-22)11-3-4-12-28)14-21-8-9-23(31)16-20(21)6-5-7-25(29)26(24)30/h8-9,16,19,22,24-26,31H,3-4,6,10-15,17-18,30H2,1-2H3/t19-,22-,24-,25-,26+,29-/m1/s1. The van der Waals surface area contributed by atoms with Crippen molar-refractivity contribution in [1.82, 2.24) is 0 Å². The van der Waals surface area contributed by atoms with Gasteiger partial charge in [0.25, 0.3) is 0 Å². The first-order valence-electron chi connectivity index (χ1n) is 13.1. The Morgan fingerprint density at radius 2 is 1.91 bits per heavy atom. The molecular weight excluding hydrogens is 394 g/mol. The lowest BCUT2D eigenvalue weighted by Gasteiger charge is -2.64. The molecule has 2 saturated heterocycles. The number of benzene rings is 1.